The smallest absolute Gasteiger partial charge is 0.251 e. The lowest BCUT2D eigenvalue weighted by Gasteiger charge is -2.40. The number of carbonyl (C=O) groups excluding carboxylic acids is 3. The monoisotopic (exact) mass is 585 g/mol. The second-order valence-corrected chi connectivity index (χ2v) is 13.9. The van der Waals surface area contributed by atoms with Gasteiger partial charge in [-0.3, -0.25) is 14.4 Å². The summed E-state index contributed by atoms with van der Waals surface area (Å²) >= 11 is 1.58. The molecule has 0 saturated carbocycles. The van der Waals surface area contributed by atoms with Crippen molar-refractivity contribution in [1.29, 1.82) is 0 Å². The summed E-state index contributed by atoms with van der Waals surface area (Å²) in [5.74, 6) is -1.85. The molecule has 1 spiro atoms. The van der Waals surface area contributed by atoms with Gasteiger partial charge >= 0.3 is 0 Å². The first-order valence-corrected chi connectivity index (χ1v) is 15.7. The van der Waals surface area contributed by atoms with E-state index in [4.69, 9.17) is 0 Å². The highest BCUT2D eigenvalue weighted by atomic mass is 32.2. The molecular weight excluding hydrogens is 546 g/mol. The third-order valence-corrected chi connectivity index (χ3v) is 11.3. The van der Waals surface area contributed by atoms with Crippen molar-refractivity contribution < 1.29 is 19.5 Å². The standard InChI is InChI=1S/C34H39N3O4S/c1-5-18-35-19-10-16-33(4)26(30(35)39)27-31(40)37(25(21-38)24-14-7-6-8-15-24)29-32(41)36(20-11-17-34(27,29)42-33)28-22(2)12-9-13-23(28)3/h6-17,25-27,29,38H,5,18-21H2,1-4H3/t25-,26+,27+,29?,33-,34+/m1/s1. The van der Waals surface area contributed by atoms with Gasteiger partial charge in [-0.1, -0.05) is 79.8 Å². The van der Waals surface area contributed by atoms with Crippen LogP contribution in [0, 0.1) is 25.7 Å². The Morgan fingerprint density at radius 3 is 2.26 bits per heavy atom. The van der Waals surface area contributed by atoms with Gasteiger partial charge in [0, 0.05) is 30.1 Å². The number of aliphatic hydroxyl groups excluding tert-OH is 1. The summed E-state index contributed by atoms with van der Waals surface area (Å²) in [4.78, 5) is 49.4. The molecule has 4 heterocycles. The van der Waals surface area contributed by atoms with Crippen molar-refractivity contribution in [2.45, 2.75) is 55.7 Å². The lowest BCUT2D eigenvalue weighted by atomic mass is 9.74. The van der Waals surface area contributed by atoms with Gasteiger partial charge < -0.3 is 19.8 Å². The fraction of sp³-hybridized carbons (Fsp3) is 0.441. The quantitative estimate of drug-likeness (QED) is 0.508. The second kappa shape index (κ2) is 10.7. The first-order chi connectivity index (χ1) is 20.2. The molecule has 2 aromatic carbocycles. The molecule has 7 nitrogen and oxygen atoms in total. The highest BCUT2D eigenvalue weighted by Gasteiger charge is 2.74. The normalized spacial score (nSPS) is 31.1. The van der Waals surface area contributed by atoms with Gasteiger partial charge in [-0.2, -0.15) is 0 Å². The van der Waals surface area contributed by atoms with Crippen LogP contribution >= 0.6 is 11.8 Å². The van der Waals surface area contributed by atoms with Crippen molar-refractivity contribution in [1.82, 2.24) is 9.80 Å². The Morgan fingerprint density at radius 1 is 0.905 bits per heavy atom. The number of amides is 3. The zero-order chi connectivity index (χ0) is 29.8. The largest absolute Gasteiger partial charge is 0.394 e. The number of carbonyl (C=O) groups is 3. The molecule has 8 heteroatoms. The summed E-state index contributed by atoms with van der Waals surface area (Å²) in [7, 11) is 0. The number of thioether (sulfide) groups is 1. The fourth-order valence-electron chi connectivity index (χ4n) is 7.78. The number of hydrogen-bond acceptors (Lipinski definition) is 5. The Balaban J connectivity index is 1.55. The second-order valence-electron chi connectivity index (χ2n) is 12.1. The summed E-state index contributed by atoms with van der Waals surface area (Å²) < 4.78 is -1.64. The molecule has 4 aliphatic heterocycles. The molecule has 0 aliphatic carbocycles. The lowest BCUT2D eigenvalue weighted by molar-refractivity contribution is -0.145. The Morgan fingerprint density at radius 2 is 1.60 bits per heavy atom. The van der Waals surface area contributed by atoms with Gasteiger partial charge in [0.25, 0.3) is 5.91 Å². The number of nitrogens with zero attached hydrogens (tertiary/aromatic N) is 3. The SMILES string of the molecule is CCCN1CC=C[C@@]2(C)S[C@]34C=CCN(c5c(C)cccc5C)C(=O)C3N([C@H](CO)c3ccccc3)C(=O)[C@@H]4[C@H]2C1=O. The van der Waals surface area contributed by atoms with Gasteiger partial charge in [0.2, 0.25) is 11.8 Å². The molecule has 1 N–H and O–H groups in total. The van der Waals surface area contributed by atoms with E-state index >= 15 is 0 Å². The van der Waals surface area contributed by atoms with Gasteiger partial charge in [0.05, 0.1) is 29.2 Å². The number of anilines is 1. The third-order valence-electron chi connectivity index (χ3n) is 9.47. The minimum absolute atomic E-state index is 0.0374. The minimum atomic E-state index is -0.976. The van der Waals surface area contributed by atoms with Crippen LogP contribution in [-0.2, 0) is 14.4 Å². The number of para-hydroxylation sites is 1. The topological polar surface area (TPSA) is 81.2 Å². The van der Waals surface area contributed by atoms with E-state index in [0.29, 0.717) is 19.6 Å². The molecule has 1 unspecified atom stereocenters. The van der Waals surface area contributed by atoms with Crippen LogP contribution in [0.3, 0.4) is 0 Å². The number of likely N-dealkylation sites (tertiary alicyclic amines) is 1. The number of aryl methyl sites for hydroxylation is 2. The van der Waals surface area contributed by atoms with Crippen LogP contribution in [0.25, 0.3) is 0 Å². The zero-order valence-corrected chi connectivity index (χ0v) is 25.5. The van der Waals surface area contributed by atoms with Crippen molar-refractivity contribution in [3.63, 3.8) is 0 Å². The molecule has 6 rings (SSSR count). The Hall–Kier alpha value is -3.36. The predicted molar refractivity (Wildman–Crippen MR) is 166 cm³/mol. The molecule has 0 bridgehead atoms. The molecule has 2 saturated heterocycles. The maximum absolute atomic E-state index is 15.0. The van der Waals surface area contributed by atoms with E-state index < -0.39 is 33.4 Å². The van der Waals surface area contributed by atoms with Crippen molar-refractivity contribution in [2.75, 3.05) is 31.1 Å². The maximum atomic E-state index is 15.0. The van der Waals surface area contributed by atoms with E-state index in [1.807, 2.05) is 99.4 Å². The highest BCUT2D eigenvalue weighted by Crippen LogP contribution is 2.66. The van der Waals surface area contributed by atoms with Gasteiger partial charge in [-0.05, 0) is 43.9 Å². The van der Waals surface area contributed by atoms with Crippen LogP contribution in [-0.4, -0.2) is 74.4 Å². The van der Waals surface area contributed by atoms with E-state index in [1.165, 1.54) is 0 Å². The lowest BCUT2D eigenvalue weighted by Crippen LogP contribution is -2.55. The van der Waals surface area contributed by atoms with E-state index in [9.17, 15) is 19.5 Å². The Labute approximate surface area is 252 Å². The van der Waals surface area contributed by atoms with E-state index in [1.54, 1.807) is 21.6 Å². The van der Waals surface area contributed by atoms with Crippen LogP contribution in [0.15, 0.2) is 72.8 Å². The summed E-state index contributed by atoms with van der Waals surface area (Å²) in [6.45, 7) is 9.23. The third kappa shape index (κ3) is 4.17. The van der Waals surface area contributed by atoms with Crippen LogP contribution in [0.5, 0.6) is 0 Å². The van der Waals surface area contributed by atoms with Gasteiger partial charge in [0.1, 0.15) is 6.04 Å². The van der Waals surface area contributed by atoms with E-state index in [-0.39, 0.29) is 24.3 Å². The van der Waals surface area contributed by atoms with Crippen molar-refractivity contribution in [3.8, 4) is 0 Å². The summed E-state index contributed by atoms with van der Waals surface area (Å²) in [5, 5.41) is 10.8. The van der Waals surface area contributed by atoms with Crippen LogP contribution in [0.4, 0.5) is 5.69 Å². The zero-order valence-electron chi connectivity index (χ0n) is 24.7. The Kier molecular flexibility index (Phi) is 7.34. The number of fused-ring (bicyclic) bond motifs is 2. The molecule has 2 aromatic rings. The number of aliphatic hydroxyl groups is 1. The molecule has 220 valence electrons. The summed E-state index contributed by atoms with van der Waals surface area (Å²) in [6.07, 6.45) is 9.00. The average Bonchev–Trinajstić information content (AvgIpc) is 3.24. The first kappa shape index (κ1) is 28.7. The molecule has 3 amide bonds. The summed E-state index contributed by atoms with van der Waals surface area (Å²) in [5.41, 5.74) is 3.56. The van der Waals surface area contributed by atoms with Crippen molar-refractivity contribution in [3.05, 3.63) is 89.5 Å². The predicted octanol–water partition coefficient (Wildman–Crippen LogP) is 4.44. The van der Waals surface area contributed by atoms with Crippen molar-refractivity contribution in [2.24, 2.45) is 11.8 Å². The van der Waals surface area contributed by atoms with Crippen LogP contribution in [0.2, 0.25) is 0 Å². The molecule has 0 aromatic heterocycles. The van der Waals surface area contributed by atoms with Gasteiger partial charge in [-0.15, -0.1) is 11.8 Å². The van der Waals surface area contributed by atoms with Crippen molar-refractivity contribution >= 4 is 35.2 Å². The molecule has 0 radical (unpaired) electrons. The molecular formula is C34H39N3O4S. The summed E-state index contributed by atoms with van der Waals surface area (Å²) in [6, 6.07) is 13.8. The highest BCUT2D eigenvalue weighted by molar-refractivity contribution is 8.02. The number of rotatable bonds is 6. The molecule has 4 aliphatic rings. The fourth-order valence-corrected chi connectivity index (χ4v) is 9.92. The molecule has 2 fully saturated rings. The minimum Gasteiger partial charge on any atom is -0.394 e. The maximum Gasteiger partial charge on any atom is 0.251 e. The molecule has 6 atom stereocenters. The van der Waals surface area contributed by atoms with E-state index in [2.05, 4.69) is 6.08 Å². The number of hydrogen-bond donors (Lipinski definition) is 1. The van der Waals surface area contributed by atoms with Gasteiger partial charge in [-0.25, -0.2) is 0 Å². The molecule has 42 heavy (non-hydrogen) atoms. The van der Waals surface area contributed by atoms with Crippen LogP contribution in [0.1, 0.15) is 43.0 Å². The first-order valence-electron chi connectivity index (χ1n) is 14.9. The Bertz CT molecular complexity index is 1450. The van der Waals surface area contributed by atoms with Crippen LogP contribution < -0.4 is 4.90 Å². The van der Waals surface area contributed by atoms with Gasteiger partial charge in [0.15, 0.2) is 0 Å². The average molecular weight is 586 g/mol. The number of benzene rings is 2. The van der Waals surface area contributed by atoms with E-state index in [0.717, 1.165) is 28.8 Å².